The summed E-state index contributed by atoms with van der Waals surface area (Å²) in [7, 11) is 0. The molecule has 3 N–H and O–H groups in total. The fraction of sp³-hybridized carbons (Fsp3) is 0.0833. The molecule has 2 rings (SSSR count). The number of anilines is 2. The van der Waals surface area contributed by atoms with E-state index in [1.54, 1.807) is 6.07 Å². The Labute approximate surface area is 103 Å². The van der Waals surface area contributed by atoms with Gasteiger partial charge in [-0.25, -0.2) is 14.4 Å². The molecule has 0 saturated heterocycles. The largest absolute Gasteiger partial charge is 0.397 e. The Morgan fingerprint density at radius 1 is 1.33 bits per heavy atom. The van der Waals surface area contributed by atoms with Crippen LogP contribution < -0.4 is 11.1 Å². The number of nitrogen functional groups attached to an aromatic ring is 1. The van der Waals surface area contributed by atoms with Crippen molar-refractivity contribution in [1.29, 1.82) is 0 Å². The summed E-state index contributed by atoms with van der Waals surface area (Å²) in [5.41, 5.74) is 7.10. The predicted octanol–water partition coefficient (Wildman–Crippen LogP) is 1.76. The molecule has 2 aromatic rings. The van der Waals surface area contributed by atoms with Gasteiger partial charge in [-0.05, 0) is 30.7 Å². The SMILES string of the molecule is Cc1cc(NC(=O)c2ccc(F)cn2)ncc1N. The number of aryl methyl sites for hydroxylation is 1. The fourth-order valence-corrected chi connectivity index (χ4v) is 1.33. The van der Waals surface area contributed by atoms with Crippen molar-refractivity contribution in [2.75, 3.05) is 11.1 Å². The lowest BCUT2D eigenvalue weighted by Crippen LogP contribution is -2.14. The Morgan fingerprint density at radius 2 is 2.11 bits per heavy atom. The number of carbonyl (C=O) groups is 1. The summed E-state index contributed by atoms with van der Waals surface area (Å²) in [6, 6.07) is 4.12. The van der Waals surface area contributed by atoms with Gasteiger partial charge in [0.25, 0.3) is 5.91 Å². The molecule has 92 valence electrons. The maximum absolute atomic E-state index is 12.7. The number of aromatic nitrogens is 2. The Kier molecular flexibility index (Phi) is 3.18. The van der Waals surface area contributed by atoms with Crippen LogP contribution in [0.4, 0.5) is 15.9 Å². The van der Waals surface area contributed by atoms with E-state index < -0.39 is 11.7 Å². The van der Waals surface area contributed by atoms with Crippen molar-refractivity contribution in [3.8, 4) is 0 Å². The molecule has 0 spiro atoms. The number of halogens is 1. The van der Waals surface area contributed by atoms with Crippen molar-refractivity contribution < 1.29 is 9.18 Å². The van der Waals surface area contributed by atoms with E-state index in [0.717, 1.165) is 11.8 Å². The number of hydrogen-bond acceptors (Lipinski definition) is 4. The van der Waals surface area contributed by atoms with Crippen LogP contribution in [0.1, 0.15) is 16.1 Å². The fourth-order valence-electron chi connectivity index (χ4n) is 1.33. The average molecular weight is 246 g/mol. The Hall–Kier alpha value is -2.50. The highest BCUT2D eigenvalue weighted by Crippen LogP contribution is 2.13. The van der Waals surface area contributed by atoms with Gasteiger partial charge in [-0.2, -0.15) is 0 Å². The molecule has 0 aromatic carbocycles. The molecule has 0 fully saturated rings. The van der Waals surface area contributed by atoms with Gasteiger partial charge in [0.1, 0.15) is 17.3 Å². The van der Waals surface area contributed by atoms with Gasteiger partial charge in [-0.15, -0.1) is 0 Å². The molecule has 5 nitrogen and oxygen atoms in total. The van der Waals surface area contributed by atoms with Gasteiger partial charge in [0.2, 0.25) is 0 Å². The zero-order valence-corrected chi connectivity index (χ0v) is 9.64. The van der Waals surface area contributed by atoms with E-state index in [1.807, 2.05) is 6.92 Å². The minimum atomic E-state index is -0.493. The van der Waals surface area contributed by atoms with Gasteiger partial charge in [0, 0.05) is 0 Å². The highest BCUT2D eigenvalue weighted by atomic mass is 19.1. The van der Waals surface area contributed by atoms with Crippen molar-refractivity contribution in [2.24, 2.45) is 0 Å². The van der Waals surface area contributed by atoms with E-state index in [4.69, 9.17) is 5.73 Å². The number of carbonyl (C=O) groups excluding carboxylic acids is 1. The van der Waals surface area contributed by atoms with E-state index in [1.165, 1.54) is 18.3 Å². The van der Waals surface area contributed by atoms with Gasteiger partial charge in [-0.3, -0.25) is 4.79 Å². The number of nitrogens with one attached hydrogen (secondary N) is 1. The second-order valence-corrected chi connectivity index (χ2v) is 3.74. The lowest BCUT2D eigenvalue weighted by molar-refractivity contribution is 0.102. The van der Waals surface area contributed by atoms with Crippen molar-refractivity contribution in [1.82, 2.24) is 9.97 Å². The van der Waals surface area contributed by atoms with Crippen LogP contribution in [0.5, 0.6) is 0 Å². The lowest BCUT2D eigenvalue weighted by atomic mass is 10.2. The van der Waals surface area contributed by atoms with Crippen LogP contribution in [0.15, 0.2) is 30.6 Å². The minimum Gasteiger partial charge on any atom is -0.397 e. The van der Waals surface area contributed by atoms with E-state index >= 15 is 0 Å². The van der Waals surface area contributed by atoms with E-state index in [9.17, 15) is 9.18 Å². The van der Waals surface area contributed by atoms with Gasteiger partial charge in [-0.1, -0.05) is 0 Å². The first-order valence-electron chi connectivity index (χ1n) is 5.21. The van der Waals surface area contributed by atoms with Gasteiger partial charge in [0.05, 0.1) is 18.1 Å². The van der Waals surface area contributed by atoms with Crippen LogP contribution in [0, 0.1) is 12.7 Å². The number of nitrogens with two attached hydrogens (primary N) is 1. The first-order chi connectivity index (χ1) is 8.56. The molecule has 1 amide bonds. The molecule has 2 aromatic heterocycles. The summed E-state index contributed by atoms with van der Waals surface area (Å²) in [6.07, 6.45) is 2.44. The second kappa shape index (κ2) is 4.79. The van der Waals surface area contributed by atoms with Gasteiger partial charge >= 0.3 is 0 Å². The summed E-state index contributed by atoms with van der Waals surface area (Å²) < 4.78 is 12.7. The third kappa shape index (κ3) is 2.60. The van der Waals surface area contributed by atoms with E-state index in [-0.39, 0.29) is 5.69 Å². The van der Waals surface area contributed by atoms with E-state index in [2.05, 4.69) is 15.3 Å². The van der Waals surface area contributed by atoms with Crippen LogP contribution in [-0.4, -0.2) is 15.9 Å². The number of rotatable bonds is 2. The maximum Gasteiger partial charge on any atom is 0.275 e. The first kappa shape index (κ1) is 12.0. The molecular formula is C12H11FN4O. The average Bonchev–Trinajstić information content (AvgIpc) is 2.34. The van der Waals surface area contributed by atoms with Crippen LogP contribution >= 0.6 is 0 Å². The maximum atomic E-state index is 12.7. The summed E-state index contributed by atoms with van der Waals surface area (Å²) in [4.78, 5) is 19.4. The van der Waals surface area contributed by atoms with Crippen LogP contribution in [-0.2, 0) is 0 Å². The minimum absolute atomic E-state index is 0.118. The Bertz CT molecular complexity index is 583. The van der Waals surface area contributed by atoms with Crippen LogP contribution in [0.25, 0.3) is 0 Å². The molecular weight excluding hydrogens is 235 g/mol. The number of hydrogen-bond donors (Lipinski definition) is 2. The molecule has 0 bridgehead atoms. The number of amides is 1. The monoisotopic (exact) mass is 246 g/mol. The normalized spacial score (nSPS) is 10.1. The van der Waals surface area contributed by atoms with Gasteiger partial charge < -0.3 is 11.1 Å². The van der Waals surface area contributed by atoms with Crippen molar-refractivity contribution in [3.05, 3.63) is 47.7 Å². The summed E-state index contributed by atoms with van der Waals surface area (Å²) in [5.74, 6) is -0.572. The molecule has 0 unspecified atom stereocenters. The van der Waals surface area contributed by atoms with Crippen molar-refractivity contribution in [2.45, 2.75) is 6.92 Å². The smallest absolute Gasteiger partial charge is 0.275 e. The van der Waals surface area contributed by atoms with E-state index in [0.29, 0.717) is 11.5 Å². The molecule has 6 heteroatoms. The van der Waals surface area contributed by atoms with Crippen LogP contribution in [0.2, 0.25) is 0 Å². The first-order valence-corrected chi connectivity index (χ1v) is 5.21. The summed E-state index contributed by atoms with van der Waals surface area (Å²) in [6.45, 7) is 1.81. The zero-order chi connectivity index (χ0) is 13.1. The lowest BCUT2D eigenvalue weighted by Gasteiger charge is -2.05. The predicted molar refractivity (Wildman–Crippen MR) is 65.5 cm³/mol. The molecule has 18 heavy (non-hydrogen) atoms. The summed E-state index contributed by atoms with van der Waals surface area (Å²) in [5, 5.41) is 2.56. The Morgan fingerprint density at radius 3 is 2.72 bits per heavy atom. The number of pyridine rings is 2. The molecule has 0 atom stereocenters. The highest BCUT2D eigenvalue weighted by Gasteiger charge is 2.08. The highest BCUT2D eigenvalue weighted by molar-refractivity contribution is 6.02. The molecule has 2 heterocycles. The van der Waals surface area contributed by atoms with Crippen molar-refractivity contribution >= 4 is 17.4 Å². The quantitative estimate of drug-likeness (QED) is 0.846. The molecule has 0 aliphatic carbocycles. The van der Waals surface area contributed by atoms with Crippen LogP contribution in [0.3, 0.4) is 0 Å². The topological polar surface area (TPSA) is 80.9 Å². The molecule has 0 radical (unpaired) electrons. The van der Waals surface area contributed by atoms with Gasteiger partial charge in [0.15, 0.2) is 0 Å². The standard InChI is InChI=1S/C12H11FN4O/c1-7-4-11(16-6-9(7)14)17-12(18)10-3-2-8(13)5-15-10/h2-6H,14H2,1H3,(H,16,17,18). The zero-order valence-electron chi connectivity index (χ0n) is 9.64. The second-order valence-electron chi connectivity index (χ2n) is 3.74. The number of nitrogens with zero attached hydrogens (tertiary/aromatic N) is 2. The third-order valence-electron chi connectivity index (χ3n) is 2.35. The summed E-state index contributed by atoms with van der Waals surface area (Å²) >= 11 is 0. The Balaban J connectivity index is 2.16. The molecule has 0 aliphatic heterocycles. The third-order valence-corrected chi connectivity index (χ3v) is 2.35. The van der Waals surface area contributed by atoms with Crippen molar-refractivity contribution in [3.63, 3.8) is 0 Å². The molecule has 0 saturated carbocycles. The molecule has 0 aliphatic rings.